The summed E-state index contributed by atoms with van der Waals surface area (Å²) in [6.07, 6.45) is 2.21. The fourth-order valence-electron chi connectivity index (χ4n) is 5.57. The minimum absolute atomic E-state index is 0.0665. The van der Waals surface area contributed by atoms with E-state index in [1.165, 1.54) is 10.6 Å². The molecule has 176 valence electrons. The quantitative estimate of drug-likeness (QED) is 0.479. The summed E-state index contributed by atoms with van der Waals surface area (Å²) in [5.74, 6) is -0.905. The SMILES string of the molecule is C[C@@H]1CN(c2ccc(C#N)n3ncc(F)c23)Cc2c3cc(F)c(C4(C#N)CCNCC4)cc3nn21. The van der Waals surface area contributed by atoms with Crippen LogP contribution in [0.3, 0.4) is 0 Å². The first kappa shape index (κ1) is 21.5. The van der Waals surface area contributed by atoms with Gasteiger partial charge in [0.05, 0.1) is 47.2 Å². The van der Waals surface area contributed by atoms with Crippen LogP contribution in [0, 0.1) is 34.3 Å². The zero-order valence-corrected chi connectivity index (χ0v) is 19.1. The van der Waals surface area contributed by atoms with Crippen molar-refractivity contribution in [3.8, 4) is 12.1 Å². The van der Waals surface area contributed by atoms with Crippen molar-refractivity contribution < 1.29 is 8.78 Å². The van der Waals surface area contributed by atoms with Crippen molar-refractivity contribution >= 4 is 22.1 Å². The van der Waals surface area contributed by atoms with Crippen molar-refractivity contribution in [2.75, 3.05) is 24.5 Å². The van der Waals surface area contributed by atoms with E-state index in [4.69, 9.17) is 5.10 Å². The second kappa shape index (κ2) is 7.76. The fraction of sp³-hybridized carbons (Fsp3) is 0.360. The molecule has 2 aliphatic heterocycles. The summed E-state index contributed by atoms with van der Waals surface area (Å²) in [6.45, 7) is 4.28. The van der Waals surface area contributed by atoms with Crippen molar-refractivity contribution in [3.63, 3.8) is 0 Å². The van der Waals surface area contributed by atoms with E-state index >= 15 is 4.39 Å². The van der Waals surface area contributed by atoms with E-state index in [0.29, 0.717) is 61.2 Å². The number of nitriles is 2. The van der Waals surface area contributed by atoms with Crippen LogP contribution in [-0.2, 0) is 12.0 Å². The van der Waals surface area contributed by atoms with Gasteiger partial charge in [0.2, 0.25) is 0 Å². The lowest BCUT2D eigenvalue weighted by Crippen LogP contribution is -2.39. The molecule has 0 radical (unpaired) electrons. The van der Waals surface area contributed by atoms with Gasteiger partial charge in [0.15, 0.2) is 5.82 Å². The molecule has 0 spiro atoms. The Kier molecular flexibility index (Phi) is 4.77. The Balaban J connectivity index is 1.46. The van der Waals surface area contributed by atoms with Crippen LogP contribution in [0.1, 0.15) is 42.8 Å². The first-order chi connectivity index (χ1) is 17.0. The average molecular weight is 473 g/mol. The maximum atomic E-state index is 15.5. The fourth-order valence-corrected chi connectivity index (χ4v) is 5.57. The number of piperidine rings is 1. The number of anilines is 1. The summed E-state index contributed by atoms with van der Waals surface area (Å²) in [6, 6.07) is 10.9. The highest BCUT2D eigenvalue weighted by Crippen LogP contribution is 2.39. The molecule has 1 N–H and O–H groups in total. The monoisotopic (exact) mass is 472 g/mol. The number of nitrogens with zero attached hydrogens (tertiary/aromatic N) is 7. The molecule has 0 saturated carbocycles. The van der Waals surface area contributed by atoms with Crippen LogP contribution >= 0.6 is 0 Å². The van der Waals surface area contributed by atoms with Crippen molar-refractivity contribution in [2.45, 2.75) is 37.8 Å². The third-order valence-electron chi connectivity index (χ3n) is 7.37. The van der Waals surface area contributed by atoms with E-state index in [1.54, 1.807) is 18.2 Å². The lowest BCUT2D eigenvalue weighted by Gasteiger charge is -2.34. The third kappa shape index (κ3) is 3.10. The molecule has 35 heavy (non-hydrogen) atoms. The number of nitrogens with one attached hydrogen (secondary N) is 1. The molecular formula is C25H22F2N8. The number of aromatic nitrogens is 4. The highest BCUT2D eigenvalue weighted by molar-refractivity contribution is 5.84. The standard InChI is InChI=1S/C25H22F2N8/c1-15-12-33(22-3-2-16(10-28)35-24(22)20(27)11-31-35)13-23-17-8-19(26)18(9-21(17)32-34(15)23)25(14-29)4-6-30-7-5-25/h2-3,8-9,11,15,30H,4-7,12-13H2,1H3/t15-/m1/s1. The zero-order chi connectivity index (χ0) is 24.3. The van der Waals surface area contributed by atoms with Crippen LogP contribution in [0.5, 0.6) is 0 Å². The van der Waals surface area contributed by atoms with Gasteiger partial charge in [0, 0.05) is 17.5 Å². The predicted molar refractivity (Wildman–Crippen MR) is 125 cm³/mol. The number of benzene rings is 1. The maximum Gasteiger partial charge on any atom is 0.171 e. The number of fused-ring (bicyclic) bond motifs is 4. The second-order valence-corrected chi connectivity index (χ2v) is 9.38. The molecule has 3 aromatic heterocycles. The van der Waals surface area contributed by atoms with E-state index in [1.807, 2.05) is 22.6 Å². The molecule has 0 amide bonds. The van der Waals surface area contributed by atoms with Crippen LogP contribution in [0.4, 0.5) is 14.5 Å². The molecule has 0 unspecified atom stereocenters. The van der Waals surface area contributed by atoms with Crippen molar-refractivity contribution in [2.24, 2.45) is 0 Å². The summed E-state index contributed by atoms with van der Waals surface area (Å²) >= 11 is 0. The van der Waals surface area contributed by atoms with E-state index in [9.17, 15) is 14.9 Å². The van der Waals surface area contributed by atoms with Crippen LogP contribution in [0.25, 0.3) is 16.4 Å². The molecule has 1 saturated heterocycles. The number of rotatable bonds is 2. The summed E-state index contributed by atoms with van der Waals surface area (Å²) in [5, 5.41) is 32.1. The minimum atomic E-state index is -0.862. The van der Waals surface area contributed by atoms with Crippen LogP contribution < -0.4 is 10.2 Å². The molecule has 5 heterocycles. The summed E-state index contributed by atoms with van der Waals surface area (Å²) in [7, 11) is 0. The molecule has 4 aromatic rings. The van der Waals surface area contributed by atoms with Crippen molar-refractivity contribution in [3.05, 3.63) is 59.0 Å². The van der Waals surface area contributed by atoms with Crippen LogP contribution in [0.15, 0.2) is 30.5 Å². The van der Waals surface area contributed by atoms with E-state index in [-0.39, 0.29) is 17.3 Å². The Bertz CT molecular complexity index is 1560. The lowest BCUT2D eigenvalue weighted by molar-refractivity contribution is 0.370. The molecule has 1 atom stereocenters. The number of pyridine rings is 1. The van der Waals surface area contributed by atoms with Crippen molar-refractivity contribution in [1.82, 2.24) is 24.7 Å². The Hall–Kier alpha value is -4.02. The predicted octanol–water partition coefficient (Wildman–Crippen LogP) is 3.56. The zero-order valence-electron chi connectivity index (χ0n) is 19.1. The molecular weight excluding hydrogens is 450 g/mol. The van der Waals surface area contributed by atoms with Gasteiger partial charge in [-0.15, -0.1) is 0 Å². The highest BCUT2D eigenvalue weighted by Gasteiger charge is 2.37. The summed E-state index contributed by atoms with van der Waals surface area (Å²) in [4.78, 5) is 2.01. The first-order valence-corrected chi connectivity index (χ1v) is 11.6. The average Bonchev–Trinajstić information content (AvgIpc) is 3.44. The van der Waals surface area contributed by atoms with Gasteiger partial charge in [-0.1, -0.05) is 0 Å². The Labute approximate surface area is 200 Å². The Morgan fingerprint density at radius 2 is 1.94 bits per heavy atom. The van der Waals surface area contributed by atoms with E-state index < -0.39 is 17.0 Å². The first-order valence-electron chi connectivity index (χ1n) is 11.6. The molecule has 0 aliphatic carbocycles. The molecule has 10 heteroatoms. The van der Waals surface area contributed by atoms with Gasteiger partial charge in [-0.2, -0.15) is 20.7 Å². The molecule has 0 bridgehead atoms. The molecule has 8 nitrogen and oxygen atoms in total. The Morgan fingerprint density at radius 3 is 2.69 bits per heavy atom. The second-order valence-electron chi connectivity index (χ2n) is 9.38. The van der Waals surface area contributed by atoms with Gasteiger partial charge in [0.1, 0.15) is 23.1 Å². The summed E-state index contributed by atoms with van der Waals surface area (Å²) in [5.41, 5.74) is 2.11. The van der Waals surface area contributed by atoms with Crippen LogP contribution in [-0.4, -0.2) is 39.0 Å². The molecule has 1 fully saturated rings. The molecule has 1 aromatic carbocycles. The lowest BCUT2D eigenvalue weighted by atomic mass is 9.74. The number of halogens is 2. The van der Waals surface area contributed by atoms with Crippen molar-refractivity contribution in [1.29, 1.82) is 10.5 Å². The highest BCUT2D eigenvalue weighted by atomic mass is 19.1. The molecule has 6 rings (SSSR count). The van der Waals surface area contributed by atoms with Gasteiger partial charge in [-0.05, 0) is 57.1 Å². The van der Waals surface area contributed by atoms with Gasteiger partial charge in [0.25, 0.3) is 0 Å². The topological polar surface area (TPSA) is 98.0 Å². The Morgan fingerprint density at radius 1 is 1.14 bits per heavy atom. The van der Waals surface area contributed by atoms with Gasteiger partial charge in [-0.25, -0.2) is 13.3 Å². The third-order valence-corrected chi connectivity index (χ3v) is 7.37. The maximum absolute atomic E-state index is 15.5. The smallest absolute Gasteiger partial charge is 0.171 e. The summed E-state index contributed by atoms with van der Waals surface area (Å²) < 4.78 is 33.4. The minimum Gasteiger partial charge on any atom is -0.362 e. The molecule has 2 aliphatic rings. The van der Waals surface area contributed by atoms with Gasteiger partial charge >= 0.3 is 0 Å². The van der Waals surface area contributed by atoms with Crippen LogP contribution in [0.2, 0.25) is 0 Å². The normalized spacial score (nSPS) is 19.5. The number of hydrogen-bond acceptors (Lipinski definition) is 6. The largest absolute Gasteiger partial charge is 0.362 e. The number of hydrogen-bond donors (Lipinski definition) is 1. The van der Waals surface area contributed by atoms with Gasteiger partial charge < -0.3 is 10.2 Å². The van der Waals surface area contributed by atoms with E-state index in [0.717, 1.165) is 11.9 Å². The van der Waals surface area contributed by atoms with E-state index in [2.05, 4.69) is 16.5 Å². The van der Waals surface area contributed by atoms with Gasteiger partial charge in [-0.3, -0.25) is 4.68 Å².